The molecule has 2 aromatic carbocycles. The van der Waals surface area contributed by atoms with Crippen LogP contribution in [0.2, 0.25) is 0 Å². The third kappa shape index (κ3) is 7.59. The van der Waals surface area contributed by atoms with Gasteiger partial charge in [0, 0.05) is 65.9 Å². The Balaban J connectivity index is 1.07. The summed E-state index contributed by atoms with van der Waals surface area (Å²) in [5.41, 5.74) is 2.00. The van der Waals surface area contributed by atoms with Crippen molar-refractivity contribution in [3.8, 4) is 10.8 Å². The molecule has 278 valence electrons. The number of hydrogen-bond acceptors (Lipinski definition) is 11. The third-order valence-electron chi connectivity index (χ3n) is 11.2. The highest BCUT2D eigenvalue weighted by atomic mass is 32.2. The molecule has 13 heteroatoms. The van der Waals surface area contributed by atoms with Gasteiger partial charge in [-0.1, -0.05) is 49.6 Å². The Hall–Kier alpha value is -3.17. The molecule has 7 atom stereocenters. The van der Waals surface area contributed by atoms with Crippen LogP contribution in [0.4, 0.5) is 0 Å². The third-order valence-corrected chi connectivity index (χ3v) is 13.9. The second-order valence-electron chi connectivity index (χ2n) is 14.7. The number of nitrogens with zero attached hydrogens (tertiary/aromatic N) is 2. The number of ether oxygens (including phenoxy) is 4. The summed E-state index contributed by atoms with van der Waals surface area (Å²) in [6, 6.07) is 14.9. The van der Waals surface area contributed by atoms with Gasteiger partial charge in [0.15, 0.2) is 17.1 Å². The number of carbonyl (C=O) groups is 1. The zero-order valence-corrected chi connectivity index (χ0v) is 30.8. The average molecular weight is 751 g/mol. The summed E-state index contributed by atoms with van der Waals surface area (Å²) in [7, 11) is -4.13. The minimum atomic E-state index is -4.13. The van der Waals surface area contributed by atoms with E-state index in [2.05, 4.69) is 4.98 Å². The van der Waals surface area contributed by atoms with Crippen LogP contribution >= 0.6 is 11.3 Å². The van der Waals surface area contributed by atoms with Gasteiger partial charge in [0.1, 0.15) is 11.7 Å². The predicted molar refractivity (Wildman–Crippen MR) is 194 cm³/mol. The van der Waals surface area contributed by atoms with E-state index in [0.29, 0.717) is 60.0 Å². The summed E-state index contributed by atoms with van der Waals surface area (Å²) in [5.74, 6) is 0.0726. The van der Waals surface area contributed by atoms with Crippen LogP contribution in [0.5, 0.6) is 0 Å². The van der Waals surface area contributed by atoms with E-state index < -0.39 is 28.0 Å². The van der Waals surface area contributed by atoms with E-state index in [1.807, 2.05) is 41.8 Å². The van der Waals surface area contributed by atoms with E-state index in [9.17, 15) is 18.3 Å². The molecule has 0 radical (unpaired) electrons. The molecule has 52 heavy (non-hydrogen) atoms. The van der Waals surface area contributed by atoms with Crippen molar-refractivity contribution < 1.29 is 41.7 Å². The standard InChI is InChI=1S/C39H46N2O9S2/c42-32(26(15-25-9-5-4-6-10-25)20-36(43)50-37-29-16-30-31(37)24-48-39(30)47-23-29)21-41-12-7-2-1-3-8-13-46-22-28-18-33-27(19-35(28)52(41,44)45)17-34(49-33)38-40-11-14-51-38/h4-6,9-11,14,17-19,26,29-32,37,39,42H,1-3,7-8,12-13,15-16,20-24H2/t26-,29?,30?,31-,32-,37+,39+/m1/s1. The smallest absolute Gasteiger partial charge is 0.306 e. The minimum absolute atomic E-state index is 0.0463. The van der Waals surface area contributed by atoms with Gasteiger partial charge in [0.05, 0.1) is 37.2 Å². The normalized spacial score (nSPS) is 27.6. The van der Waals surface area contributed by atoms with Gasteiger partial charge in [-0.05, 0) is 49.4 Å². The van der Waals surface area contributed by atoms with Crippen molar-refractivity contribution in [3.05, 3.63) is 71.2 Å². The molecule has 2 bridgehead atoms. The number of esters is 1. The second kappa shape index (κ2) is 15.7. The first kappa shape index (κ1) is 35.8. The molecule has 2 saturated heterocycles. The van der Waals surface area contributed by atoms with Crippen LogP contribution in [-0.2, 0) is 46.8 Å². The molecule has 1 aliphatic carbocycles. The summed E-state index contributed by atoms with van der Waals surface area (Å²) in [6.45, 7) is 1.73. The summed E-state index contributed by atoms with van der Waals surface area (Å²) < 4.78 is 60.9. The van der Waals surface area contributed by atoms with Crippen molar-refractivity contribution in [2.45, 2.75) is 81.4 Å². The molecule has 0 spiro atoms. The van der Waals surface area contributed by atoms with Crippen molar-refractivity contribution in [2.24, 2.45) is 23.7 Å². The number of carbonyl (C=O) groups excluding carboxylic acids is 1. The maximum Gasteiger partial charge on any atom is 0.306 e. The Morgan fingerprint density at radius 2 is 1.87 bits per heavy atom. The lowest BCUT2D eigenvalue weighted by Gasteiger charge is -2.31. The number of thiazole rings is 1. The highest BCUT2D eigenvalue weighted by Crippen LogP contribution is 2.49. The summed E-state index contributed by atoms with van der Waals surface area (Å²) >= 11 is 1.44. The molecule has 3 fully saturated rings. The number of aromatic nitrogens is 1. The van der Waals surface area contributed by atoms with Gasteiger partial charge in [-0.25, -0.2) is 13.4 Å². The van der Waals surface area contributed by atoms with Crippen LogP contribution in [0.1, 0.15) is 56.1 Å². The fourth-order valence-electron chi connectivity index (χ4n) is 8.45. The van der Waals surface area contributed by atoms with Gasteiger partial charge >= 0.3 is 5.97 Å². The van der Waals surface area contributed by atoms with E-state index in [1.54, 1.807) is 18.3 Å². The number of aliphatic hydroxyl groups excluding tert-OH is 1. The van der Waals surface area contributed by atoms with Gasteiger partial charge < -0.3 is 28.5 Å². The van der Waals surface area contributed by atoms with Crippen LogP contribution in [0, 0.1) is 23.7 Å². The SMILES string of the molecule is O=C(C[C@@H](Cc1ccccc1)[C@H](O)CN1CCCCCCCOCc2cc3oc(-c4nccs4)cc3cc2S1(=O)=O)O[C@H]1C2CO[C@H]3OC[C@@H]1C3C2. The monoisotopic (exact) mass is 750 g/mol. The fourth-order valence-corrected chi connectivity index (χ4v) is 10.8. The van der Waals surface area contributed by atoms with E-state index in [-0.39, 0.29) is 61.2 Å². The van der Waals surface area contributed by atoms with Crippen LogP contribution < -0.4 is 0 Å². The maximum absolute atomic E-state index is 14.8. The Morgan fingerprint density at radius 3 is 2.71 bits per heavy atom. The molecule has 1 N–H and O–H groups in total. The Labute approximate surface area is 308 Å². The van der Waals surface area contributed by atoms with Crippen LogP contribution in [0.25, 0.3) is 21.7 Å². The van der Waals surface area contributed by atoms with Crippen molar-refractivity contribution in [1.82, 2.24) is 9.29 Å². The lowest BCUT2D eigenvalue weighted by atomic mass is 9.90. The molecule has 3 aliphatic heterocycles. The van der Waals surface area contributed by atoms with E-state index in [1.165, 1.54) is 15.6 Å². The van der Waals surface area contributed by atoms with Gasteiger partial charge in [-0.2, -0.15) is 4.31 Å². The summed E-state index contributed by atoms with van der Waals surface area (Å²) in [5, 5.41) is 15.2. The molecule has 4 aromatic rings. The second-order valence-corrected chi connectivity index (χ2v) is 17.5. The number of furan rings is 1. The summed E-state index contributed by atoms with van der Waals surface area (Å²) in [6.07, 6.45) is 5.65. The van der Waals surface area contributed by atoms with Crippen LogP contribution in [-0.4, -0.2) is 80.2 Å². The van der Waals surface area contributed by atoms with Crippen molar-refractivity contribution in [1.29, 1.82) is 0 Å². The van der Waals surface area contributed by atoms with Crippen LogP contribution in [0.3, 0.4) is 0 Å². The molecule has 2 aromatic heterocycles. The number of β-amino-alcohol motifs (C(OH)–C–C–N with tert-alkyl or cyclic N) is 1. The summed E-state index contributed by atoms with van der Waals surface area (Å²) in [4.78, 5) is 18.2. The molecule has 5 heterocycles. The number of benzene rings is 2. The first-order chi connectivity index (χ1) is 25.3. The number of aliphatic hydroxyl groups is 1. The Morgan fingerprint density at radius 1 is 1.04 bits per heavy atom. The quantitative estimate of drug-likeness (QED) is 0.197. The molecule has 8 rings (SSSR count). The molecular formula is C39H46N2O9S2. The van der Waals surface area contributed by atoms with E-state index >= 15 is 0 Å². The lowest BCUT2D eigenvalue weighted by Crippen LogP contribution is -2.42. The largest absolute Gasteiger partial charge is 0.462 e. The average Bonchev–Trinajstić information content (AvgIpc) is 3.94. The fraction of sp³-hybridized carbons (Fsp3) is 0.538. The van der Waals surface area contributed by atoms with E-state index in [4.69, 9.17) is 23.4 Å². The topological polar surface area (TPSA) is 138 Å². The number of hydrogen-bond donors (Lipinski definition) is 1. The van der Waals surface area contributed by atoms with Crippen molar-refractivity contribution in [3.63, 3.8) is 0 Å². The highest BCUT2D eigenvalue weighted by Gasteiger charge is 2.56. The molecule has 0 amide bonds. The van der Waals surface area contributed by atoms with Gasteiger partial charge in [-0.3, -0.25) is 4.79 Å². The molecule has 4 aliphatic rings. The number of fused-ring (bicyclic) bond motifs is 3. The van der Waals surface area contributed by atoms with Gasteiger partial charge in [-0.15, -0.1) is 11.3 Å². The molecular weight excluding hydrogens is 705 g/mol. The first-order valence-electron chi connectivity index (χ1n) is 18.5. The van der Waals surface area contributed by atoms with E-state index in [0.717, 1.165) is 37.7 Å². The Bertz CT molecular complexity index is 1930. The highest BCUT2D eigenvalue weighted by molar-refractivity contribution is 7.89. The molecule has 11 nitrogen and oxygen atoms in total. The lowest BCUT2D eigenvalue weighted by molar-refractivity contribution is -0.178. The molecule has 1 saturated carbocycles. The maximum atomic E-state index is 14.8. The predicted octanol–water partition coefficient (Wildman–Crippen LogP) is 6.19. The zero-order valence-electron chi connectivity index (χ0n) is 29.1. The number of sulfonamides is 1. The molecule has 2 unspecified atom stereocenters. The number of rotatable bonds is 9. The van der Waals surface area contributed by atoms with Crippen LogP contribution in [0.15, 0.2) is 69.4 Å². The van der Waals surface area contributed by atoms with Gasteiger partial charge in [0.2, 0.25) is 10.0 Å². The van der Waals surface area contributed by atoms with Gasteiger partial charge in [0.25, 0.3) is 0 Å². The van der Waals surface area contributed by atoms with Crippen molar-refractivity contribution in [2.75, 3.05) is 32.9 Å². The first-order valence-corrected chi connectivity index (χ1v) is 20.8. The van der Waals surface area contributed by atoms with Crippen molar-refractivity contribution >= 4 is 38.3 Å². The Kier molecular flexibility index (Phi) is 10.8. The zero-order chi connectivity index (χ0) is 35.7. The minimum Gasteiger partial charge on any atom is -0.462 e.